The van der Waals surface area contributed by atoms with Crippen LogP contribution in [0.3, 0.4) is 0 Å². The van der Waals surface area contributed by atoms with E-state index in [0.717, 1.165) is 30.1 Å². The van der Waals surface area contributed by atoms with Gasteiger partial charge in [-0.2, -0.15) is 0 Å². The molecule has 0 radical (unpaired) electrons. The van der Waals surface area contributed by atoms with Gasteiger partial charge in [0, 0.05) is 17.5 Å². The monoisotopic (exact) mass is 227 g/mol. The fourth-order valence-corrected chi connectivity index (χ4v) is 2.25. The lowest BCUT2D eigenvalue weighted by atomic mass is 9.91. The van der Waals surface area contributed by atoms with Gasteiger partial charge in [-0.1, -0.05) is 29.8 Å². The molecule has 0 aromatic heterocycles. The van der Waals surface area contributed by atoms with Gasteiger partial charge < -0.3 is 5.32 Å². The Balaban J connectivity index is 2.04. The third-order valence-electron chi connectivity index (χ3n) is 2.95. The summed E-state index contributed by atoms with van der Waals surface area (Å²) in [5.74, 6) is 0.0682. The molecule has 1 aromatic rings. The molecule has 0 spiro atoms. The third kappa shape index (κ3) is 2.70. The van der Waals surface area contributed by atoms with E-state index in [-0.39, 0.29) is 5.92 Å². The Bertz CT molecular complexity index is 329. The molecule has 0 saturated carbocycles. The molecule has 2 unspecified atom stereocenters. The van der Waals surface area contributed by atoms with Crippen LogP contribution in [0.25, 0.3) is 0 Å². The Labute approximate surface area is 94.6 Å². The minimum absolute atomic E-state index is 0.0682. The van der Waals surface area contributed by atoms with Gasteiger partial charge in [-0.25, -0.2) is 4.39 Å². The molecule has 2 rings (SSSR count). The van der Waals surface area contributed by atoms with Gasteiger partial charge in [0.2, 0.25) is 0 Å². The van der Waals surface area contributed by atoms with Gasteiger partial charge in [0.05, 0.1) is 0 Å². The highest BCUT2D eigenvalue weighted by Gasteiger charge is 2.24. The van der Waals surface area contributed by atoms with E-state index in [2.05, 4.69) is 5.32 Å². The van der Waals surface area contributed by atoms with Crippen molar-refractivity contribution in [3.63, 3.8) is 0 Å². The Morgan fingerprint density at radius 3 is 2.93 bits per heavy atom. The first kappa shape index (κ1) is 10.9. The predicted molar refractivity (Wildman–Crippen MR) is 61.0 cm³/mol. The van der Waals surface area contributed by atoms with E-state index in [1.165, 1.54) is 0 Å². The van der Waals surface area contributed by atoms with E-state index in [0.29, 0.717) is 6.42 Å². The predicted octanol–water partition coefficient (Wildman–Crippen LogP) is 2.83. The average molecular weight is 228 g/mol. The Morgan fingerprint density at radius 1 is 1.40 bits per heavy atom. The molecule has 2 atom stereocenters. The molecule has 1 aliphatic rings. The van der Waals surface area contributed by atoms with Crippen molar-refractivity contribution in [2.75, 3.05) is 13.1 Å². The van der Waals surface area contributed by atoms with Crippen LogP contribution < -0.4 is 5.32 Å². The van der Waals surface area contributed by atoms with Crippen molar-refractivity contribution in [1.29, 1.82) is 0 Å². The highest BCUT2D eigenvalue weighted by atomic mass is 35.5. The van der Waals surface area contributed by atoms with E-state index in [1.54, 1.807) is 0 Å². The minimum Gasteiger partial charge on any atom is -0.316 e. The SMILES string of the molecule is FC1CCNCC1Cc1ccccc1Cl. The topological polar surface area (TPSA) is 12.0 Å². The van der Waals surface area contributed by atoms with Crippen molar-refractivity contribution >= 4 is 11.6 Å². The van der Waals surface area contributed by atoms with Gasteiger partial charge in [0.25, 0.3) is 0 Å². The second kappa shape index (κ2) is 4.95. The molecule has 1 N–H and O–H groups in total. The van der Waals surface area contributed by atoms with Gasteiger partial charge in [0.15, 0.2) is 0 Å². The van der Waals surface area contributed by atoms with Crippen LogP contribution in [0, 0.1) is 5.92 Å². The second-order valence-electron chi connectivity index (χ2n) is 4.06. The Kier molecular flexibility index (Phi) is 3.60. The van der Waals surface area contributed by atoms with Crippen LogP contribution in [0.4, 0.5) is 4.39 Å². The Hall–Kier alpha value is -0.600. The summed E-state index contributed by atoms with van der Waals surface area (Å²) in [6, 6.07) is 7.69. The lowest BCUT2D eigenvalue weighted by molar-refractivity contribution is 0.178. The number of hydrogen-bond acceptors (Lipinski definition) is 1. The first-order valence-electron chi connectivity index (χ1n) is 5.35. The zero-order valence-corrected chi connectivity index (χ0v) is 9.30. The van der Waals surface area contributed by atoms with Crippen LogP contribution in [0.2, 0.25) is 5.02 Å². The van der Waals surface area contributed by atoms with E-state index >= 15 is 0 Å². The van der Waals surface area contributed by atoms with E-state index < -0.39 is 6.17 Å². The highest BCUT2D eigenvalue weighted by Crippen LogP contribution is 2.24. The maximum atomic E-state index is 13.6. The summed E-state index contributed by atoms with van der Waals surface area (Å²) in [6.07, 6.45) is 0.658. The van der Waals surface area contributed by atoms with Crippen molar-refractivity contribution in [2.24, 2.45) is 5.92 Å². The van der Waals surface area contributed by atoms with Crippen molar-refractivity contribution < 1.29 is 4.39 Å². The molecule has 1 nitrogen and oxygen atoms in total. The number of alkyl halides is 1. The maximum absolute atomic E-state index is 13.6. The van der Waals surface area contributed by atoms with Crippen molar-refractivity contribution in [1.82, 2.24) is 5.32 Å². The number of hydrogen-bond donors (Lipinski definition) is 1. The van der Waals surface area contributed by atoms with Crippen molar-refractivity contribution in [3.8, 4) is 0 Å². The molecular formula is C12H15ClFN. The molecule has 1 aliphatic heterocycles. The molecule has 1 saturated heterocycles. The summed E-state index contributed by atoms with van der Waals surface area (Å²) in [4.78, 5) is 0. The molecule has 82 valence electrons. The Morgan fingerprint density at radius 2 is 2.20 bits per heavy atom. The van der Waals surface area contributed by atoms with Gasteiger partial charge in [-0.3, -0.25) is 0 Å². The molecule has 1 heterocycles. The third-order valence-corrected chi connectivity index (χ3v) is 3.32. The van der Waals surface area contributed by atoms with Crippen LogP contribution in [-0.2, 0) is 6.42 Å². The first-order chi connectivity index (χ1) is 7.27. The van der Waals surface area contributed by atoms with E-state index in [1.807, 2.05) is 24.3 Å². The number of halogens is 2. The van der Waals surface area contributed by atoms with Crippen LogP contribution in [0.5, 0.6) is 0 Å². The number of piperidine rings is 1. The fourth-order valence-electron chi connectivity index (χ4n) is 2.04. The second-order valence-corrected chi connectivity index (χ2v) is 4.47. The summed E-state index contributed by atoms with van der Waals surface area (Å²) in [7, 11) is 0. The molecule has 1 aromatic carbocycles. The molecule has 3 heteroatoms. The van der Waals surface area contributed by atoms with Crippen LogP contribution in [-0.4, -0.2) is 19.3 Å². The van der Waals surface area contributed by atoms with Gasteiger partial charge in [0.1, 0.15) is 6.17 Å². The molecular weight excluding hydrogens is 213 g/mol. The molecule has 0 amide bonds. The molecule has 15 heavy (non-hydrogen) atoms. The molecule has 1 fully saturated rings. The van der Waals surface area contributed by atoms with E-state index in [9.17, 15) is 4.39 Å². The van der Waals surface area contributed by atoms with Gasteiger partial charge in [-0.15, -0.1) is 0 Å². The largest absolute Gasteiger partial charge is 0.316 e. The summed E-state index contributed by atoms with van der Waals surface area (Å²) in [6.45, 7) is 1.55. The van der Waals surface area contributed by atoms with E-state index in [4.69, 9.17) is 11.6 Å². The number of nitrogens with one attached hydrogen (secondary N) is 1. The highest BCUT2D eigenvalue weighted by molar-refractivity contribution is 6.31. The first-order valence-corrected chi connectivity index (χ1v) is 5.73. The minimum atomic E-state index is -0.692. The number of rotatable bonds is 2. The van der Waals surface area contributed by atoms with Gasteiger partial charge in [-0.05, 0) is 31.0 Å². The summed E-state index contributed by atoms with van der Waals surface area (Å²) in [5, 5.41) is 3.97. The summed E-state index contributed by atoms with van der Waals surface area (Å²) in [5.41, 5.74) is 1.05. The average Bonchev–Trinajstić information content (AvgIpc) is 2.24. The zero-order valence-electron chi connectivity index (χ0n) is 8.55. The number of benzene rings is 1. The quantitative estimate of drug-likeness (QED) is 0.820. The van der Waals surface area contributed by atoms with Crippen LogP contribution in [0.1, 0.15) is 12.0 Å². The van der Waals surface area contributed by atoms with Crippen molar-refractivity contribution in [2.45, 2.75) is 19.0 Å². The maximum Gasteiger partial charge on any atom is 0.106 e. The lowest BCUT2D eigenvalue weighted by Crippen LogP contribution is -2.38. The van der Waals surface area contributed by atoms with Gasteiger partial charge >= 0.3 is 0 Å². The molecule has 0 bridgehead atoms. The van der Waals surface area contributed by atoms with Crippen LogP contribution >= 0.6 is 11.6 Å². The standard InChI is InChI=1S/C12H15ClFN/c13-11-4-2-1-3-9(11)7-10-8-15-6-5-12(10)14/h1-4,10,12,15H,5-8H2. The summed E-state index contributed by atoms with van der Waals surface area (Å²) < 4.78 is 13.6. The zero-order chi connectivity index (χ0) is 10.7. The normalized spacial score (nSPS) is 26.5. The van der Waals surface area contributed by atoms with Crippen molar-refractivity contribution in [3.05, 3.63) is 34.9 Å². The van der Waals surface area contributed by atoms with Crippen LogP contribution in [0.15, 0.2) is 24.3 Å². The smallest absolute Gasteiger partial charge is 0.106 e. The summed E-state index contributed by atoms with van der Waals surface area (Å²) >= 11 is 6.05. The molecule has 0 aliphatic carbocycles. The lowest BCUT2D eigenvalue weighted by Gasteiger charge is -2.27. The fraction of sp³-hybridized carbons (Fsp3) is 0.500.